The molecule has 0 unspecified atom stereocenters. The zero-order valence-corrected chi connectivity index (χ0v) is 15.6. The molecule has 27 heavy (non-hydrogen) atoms. The number of anilines is 1. The molecule has 1 aromatic rings. The third kappa shape index (κ3) is 3.74. The molecule has 0 radical (unpaired) electrons. The molecule has 3 aliphatic heterocycles. The lowest BCUT2D eigenvalue weighted by molar-refractivity contribution is -0.169. The maximum Gasteiger partial charge on any atom is 0.257 e. The summed E-state index contributed by atoms with van der Waals surface area (Å²) in [6.45, 7) is 6.61. The Morgan fingerprint density at radius 3 is 2.04 bits per heavy atom. The minimum Gasteiger partial charge on any atom is -0.347 e. The first-order chi connectivity index (χ1) is 13.1. The highest BCUT2D eigenvalue weighted by atomic mass is 16.7. The molecule has 3 fully saturated rings. The standard InChI is InChI=1S/C18H25N5O4/c1-14(24)21-6-8-22(9-7-21)16(25)15-12-19-17(20-13-15)23-4-2-18(3-5-23)26-10-11-27-18/h12-13H,2-11H2,1H3. The number of rotatable bonds is 2. The highest BCUT2D eigenvalue weighted by Crippen LogP contribution is 2.32. The van der Waals surface area contributed by atoms with Crippen LogP contribution in [0.15, 0.2) is 12.4 Å². The van der Waals surface area contributed by atoms with Gasteiger partial charge in [0.15, 0.2) is 5.79 Å². The van der Waals surface area contributed by atoms with Gasteiger partial charge in [0.05, 0.1) is 18.8 Å². The van der Waals surface area contributed by atoms with Crippen LogP contribution < -0.4 is 4.90 Å². The first-order valence-electron chi connectivity index (χ1n) is 9.46. The highest BCUT2D eigenvalue weighted by Gasteiger charge is 2.40. The number of hydrogen-bond donors (Lipinski definition) is 0. The van der Waals surface area contributed by atoms with Crippen molar-refractivity contribution in [2.45, 2.75) is 25.6 Å². The quantitative estimate of drug-likeness (QED) is 0.726. The third-order valence-electron chi connectivity index (χ3n) is 5.52. The van der Waals surface area contributed by atoms with E-state index in [-0.39, 0.29) is 11.8 Å². The van der Waals surface area contributed by atoms with Gasteiger partial charge in [0.1, 0.15) is 0 Å². The number of amides is 2. The minimum absolute atomic E-state index is 0.0477. The van der Waals surface area contributed by atoms with Crippen LogP contribution in [0.3, 0.4) is 0 Å². The highest BCUT2D eigenvalue weighted by molar-refractivity contribution is 5.93. The molecule has 0 atom stereocenters. The van der Waals surface area contributed by atoms with Gasteiger partial charge in [-0.3, -0.25) is 9.59 Å². The number of carbonyl (C=O) groups is 2. The van der Waals surface area contributed by atoms with E-state index in [1.165, 1.54) is 0 Å². The summed E-state index contributed by atoms with van der Waals surface area (Å²) in [5.74, 6) is 0.163. The molecule has 1 spiro atoms. The largest absolute Gasteiger partial charge is 0.347 e. The number of piperazine rings is 1. The van der Waals surface area contributed by atoms with Gasteiger partial charge in [-0.05, 0) is 0 Å². The Morgan fingerprint density at radius 2 is 1.48 bits per heavy atom. The number of ether oxygens (including phenoxy) is 2. The van der Waals surface area contributed by atoms with Crippen LogP contribution in [0.1, 0.15) is 30.1 Å². The van der Waals surface area contributed by atoms with Crippen molar-refractivity contribution in [2.24, 2.45) is 0 Å². The molecule has 0 bridgehead atoms. The van der Waals surface area contributed by atoms with Crippen molar-refractivity contribution in [3.05, 3.63) is 18.0 Å². The molecule has 0 saturated carbocycles. The average molecular weight is 375 g/mol. The lowest BCUT2D eigenvalue weighted by Gasteiger charge is -2.37. The summed E-state index contributed by atoms with van der Waals surface area (Å²) in [5.41, 5.74) is 0.478. The molecule has 0 N–H and O–H groups in total. The van der Waals surface area contributed by atoms with Gasteiger partial charge in [0, 0.05) is 71.4 Å². The molecule has 3 aliphatic rings. The summed E-state index contributed by atoms with van der Waals surface area (Å²) in [5, 5.41) is 0. The SMILES string of the molecule is CC(=O)N1CCN(C(=O)c2cnc(N3CCC4(CC3)OCCO4)nc2)CC1. The van der Waals surface area contributed by atoms with Crippen molar-refractivity contribution in [3.63, 3.8) is 0 Å². The molecule has 4 heterocycles. The fourth-order valence-corrected chi connectivity index (χ4v) is 3.84. The monoisotopic (exact) mass is 375 g/mol. The van der Waals surface area contributed by atoms with E-state index in [0.29, 0.717) is 50.9 Å². The second kappa shape index (κ2) is 7.40. The molecule has 2 amide bonds. The third-order valence-corrected chi connectivity index (χ3v) is 5.52. The summed E-state index contributed by atoms with van der Waals surface area (Å²) in [4.78, 5) is 38.4. The minimum atomic E-state index is -0.422. The molecule has 9 nitrogen and oxygen atoms in total. The van der Waals surface area contributed by atoms with Crippen molar-refractivity contribution in [1.29, 1.82) is 0 Å². The van der Waals surface area contributed by atoms with Gasteiger partial charge in [-0.2, -0.15) is 0 Å². The van der Waals surface area contributed by atoms with E-state index >= 15 is 0 Å². The smallest absolute Gasteiger partial charge is 0.257 e. The number of aromatic nitrogens is 2. The first kappa shape index (κ1) is 18.1. The van der Waals surface area contributed by atoms with Gasteiger partial charge < -0.3 is 24.2 Å². The van der Waals surface area contributed by atoms with Crippen LogP contribution in [0, 0.1) is 0 Å². The van der Waals surface area contributed by atoms with Crippen molar-refractivity contribution in [1.82, 2.24) is 19.8 Å². The Kier molecular flexibility index (Phi) is 4.96. The normalized spacial score (nSPS) is 22.3. The summed E-state index contributed by atoms with van der Waals surface area (Å²) < 4.78 is 11.5. The predicted molar refractivity (Wildman–Crippen MR) is 96.3 cm³/mol. The summed E-state index contributed by atoms with van der Waals surface area (Å²) in [6, 6.07) is 0. The van der Waals surface area contributed by atoms with Gasteiger partial charge in [-0.1, -0.05) is 0 Å². The van der Waals surface area contributed by atoms with E-state index in [4.69, 9.17) is 9.47 Å². The zero-order valence-electron chi connectivity index (χ0n) is 15.6. The average Bonchev–Trinajstić information content (AvgIpc) is 3.16. The molecular weight excluding hydrogens is 350 g/mol. The maximum atomic E-state index is 12.6. The molecule has 0 aliphatic carbocycles. The van der Waals surface area contributed by atoms with E-state index in [0.717, 1.165) is 25.9 Å². The van der Waals surface area contributed by atoms with Gasteiger partial charge in [-0.25, -0.2) is 9.97 Å². The second-order valence-electron chi connectivity index (χ2n) is 7.16. The van der Waals surface area contributed by atoms with E-state index < -0.39 is 5.79 Å². The molecule has 9 heteroatoms. The van der Waals surface area contributed by atoms with Crippen molar-refractivity contribution < 1.29 is 19.1 Å². The second-order valence-corrected chi connectivity index (χ2v) is 7.16. The van der Waals surface area contributed by atoms with Crippen LogP contribution in [0.4, 0.5) is 5.95 Å². The van der Waals surface area contributed by atoms with Crippen LogP contribution in [-0.2, 0) is 14.3 Å². The fraction of sp³-hybridized carbons (Fsp3) is 0.667. The van der Waals surface area contributed by atoms with Crippen LogP contribution in [0.25, 0.3) is 0 Å². The number of piperidine rings is 1. The number of nitrogens with zero attached hydrogens (tertiary/aromatic N) is 5. The number of hydrogen-bond acceptors (Lipinski definition) is 7. The van der Waals surface area contributed by atoms with E-state index in [1.807, 2.05) is 0 Å². The molecule has 3 saturated heterocycles. The van der Waals surface area contributed by atoms with Crippen LogP contribution in [0.5, 0.6) is 0 Å². The Balaban J connectivity index is 1.34. The van der Waals surface area contributed by atoms with Crippen LogP contribution in [0.2, 0.25) is 0 Å². The summed E-state index contributed by atoms with van der Waals surface area (Å²) >= 11 is 0. The zero-order chi connectivity index (χ0) is 18.9. The maximum absolute atomic E-state index is 12.6. The van der Waals surface area contributed by atoms with Gasteiger partial charge in [0.2, 0.25) is 11.9 Å². The summed E-state index contributed by atoms with van der Waals surface area (Å²) in [6.07, 6.45) is 4.76. The molecule has 0 aromatic carbocycles. The Bertz CT molecular complexity index is 686. The van der Waals surface area contributed by atoms with Gasteiger partial charge >= 0.3 is 0 Å². The van der Waals surface area contributed by atoms with E-state index in [2.05, 4.69) is 14.9 Å². The van der Waals surface area contributed by atoms with E-state index in [9.17, 15) is 9.59 Å². The summed E-state index contributed by atoms with van der Waals surface area (Å²) in [7, 11) is 0. The Morgan fingerprint density at radius 1 is 0.926 bits per heavy atom. The number of carbonyl (C=O) groups excluding carboxylic acids is 2. The van der Waals surface area contributed by atoms with Crippen LogP contribution >= 0.6 is 0 Å². The van der Waals surface area contributed by atoms with Crippen molar-refractivity contribution in [2.75, 3.05) is 57.4 Å². The van der Waals surface area contributed by atoms with Gasteiger partial charge in [0.25, 0.3) is 5.91 Å². The topological polar surface area (TPSA) is 88.1 Å². The van der Waals surface area contributed by atoms with Crippen molar-refractivity contribution >= 4 is 17.8 Å². The first-order valence-corrected chi connectivity index (χ1v) is 9.46. The lowest BCUT2D eigenvalue weighted by Crippen LogP contribution is -2.50. The fourth-order valence-electron chi connectivity index (χ4n) is 3.84. The van der Waals surface area contributed by atoms with Gasteiger partial charge in [-0.15, -0.1) is 0 Å². The lowest BCUT2D eigenvalue weighted by atomic mass is 10.0. The molecule has 146 valence electrons. The van der Waals surface area contributed by atoms with Crippen LogP contribution in [-0.4, -0.2) is 89.9 Å². The Labute approximate surface area is 158 Å². The molecular formula is C18H25N5O4. The molecule has 4 rings (SSSR count). The van der Waals surface area contributed by atoms with E-state index in [1.54, 1.807) is 29.1 Å². The molecule has 1 aromatic heterocycles. The predicted octanol–water partition coefficient (Wildman–Crippen LogP) is 0.124. The van der Waals surface area contributed by atoms with Crippen molar-refractivity contribution in [3.8, 4) is 0 Å². The Hall–Kier alpha value is -2.26.